The number of rotatable bonds is 13. The van der Waals surface area contributed by atoms with Crippen LogP contribution in [0.3, 0.4) is 0 Å². The lowest BCUT2D eigenvalue weighted by Gasteiger charge is -2.28. The third kappa shape index (κ3) is 9.94. The highest BCUT2D eigenvalue weighted by molar-refractivity contribution is 4.75. The fourth-order valence-corrected chi connectivity index (χ4v) is 2.47. The van der Waals surface area contributed by atoms with Gasteiger partial charge in [0.15, 0.2) is 0 Å². The normalized spacial score (nSPS) is 14.7. The molecule has 110 valence electrons. The highest BCUT2D eigenvalue weighted by Crippen LogP contribution is 2.27. The summed E-state index contributed by atoms with van der Waals surface area (Å²) in [6.07, 6.45) is 13.9. The predicted molar refractivity (Wildman–Crippen MR) is 84.2 cm³/mol. The molecule has 1 nitrogen and oxygen atoms in total. The largest absolute Gasteiger partial charge is 0.316 e. The molecule has 0 radical (unpaired) electrons. The summed E-state index contributed by atoms with van der Waals surface area (Å²) in [7, 11) is 0. The second-order valence-electron chi connectivity index (χ2n) is 6.21. The van der Waals surface area contributed by atoms with Crippen LogP contribution >= 0.6 is 0 Å². The number of hydrogen-bond donors (Lipinski definition) is 1. The SMILES string of the molecule is CCCCCCCCCC(C)(CC)CNCCC. The fourth-order valence-electron chi connectivity index (χ4n) is 2.47. The van der Waals surface area contributed by atoms with Gasteiger partial charge in [-0.1, -0.05) is 72.6 Å². The smallest absolute Gasteiger partial charge is 0.000506 e. The first-order valence-corrected chi connectivity index (χ1v) is 8.39. The Kier molecular flexibility index (Phi) is 12.0. The standard InChI is InChI=1S/C17H37N/c1-5-8-9-10-11-12-13-14-17(4,7-3)16-18-15-6-2/h18H,5-16H2,1-4H3. The van der Waals surface area contributed by atoms with Crippen LogP contribution in [0.2, 0.25) is 0 Å². The summed E-state index contributed by atoms with van der Waals surface area (Å²) in [5.41, 5.74) is 0.526. The van der Waals surface area contributed by atoms with Crippen molar-refractivity contribution < 1.29 is 0 Å². The van der Waals surface area contributed by atoms with Crippen LogP contribution in [0.1, 0.15) is 91.9 Å². The molecule has 18 heavy (non-hydrogen) atoms. The maximum Gasteiger partial charge on any atom is 0.000506 e. The van der Waals surface area contributed by atoms with Crippen LogP contribution in [0.4, 0.5) is 0 Å². The molecule has 0 saturated carbocycles. The van der Waals surface area contributed by atoms with Gasteiger partial charge < -0.3 is 5.32 Å². The second-order valence-corrected chi connectivity index (χ2v) is 6.21. The molecule has 0 aromatic carbocycles. The van der Waals surface area contributed by atoms with Gasteiger partial charge in [0.05, 0.1) is 0 Å². The minimum atomic E-state index is 0.526. The summed E-state index contributed by atoms with van der Waals surface area (Å²) in [6.45, 7) is 11.7. The van der Waals surface area contributed by atoms with Crippen molar-refractivity contribution in [3.8, 4) is 0 Å². The lowest BCUT2D eigenvalue weighted by molar-refractivity contribution is 0.259. The van der Waals surface area contributed by atoms with Crippen molar-refractivity contribution in [2.24, 2.45) is 5.41 Å². The fraction of sp³-hybridized carbons (Fsp3) is 1.00. The second kappa shape index (κ2) is 12.0. The molecule has 1 unspecified atom stereocenters. The van der Waals surface area contributed by atoms with Gasteiger partial charge >= 0.3 is 0 Å². The summed E-state index contributed by atoms with van der Waals surface area (Å²) in [5.74, 6) is 0. The summed E-state index contributed by atoms with van der Waals surface area (Å²) < 4.78 is 0. The van der Waals surface area contributed by atoms with Gasteiger partial charge in [-0.3, -0.25) is 0 Å². The van der Waals surface area contributed by atoms with E-state index in [0.29, 0.717) is 5.41 Å². The van der Waals surface area contributed by atoms with Crippen LogP contribution in [0, 0.1) is 5.41 Å². The van der Waals surface area contributed by atoms with E-state index in [-0.39, 0.29) is 0 Å². The summed E-state index contributed by atoms with van der Waals surface area (Å²) in [4.78, 5) is 0. The van der Waals surface area contributed by atoms with Gasteiger partial charge in [-0.2, -0.15) is 0 Å². The quantitative estimate of drug-likeness (QED) is 0.426. The van der Waals surface area contributed by atoms with Gasteiger partial charge in [0.1, 0.15) is 0 Å². The van der Waals surface area contributed by atoms with Crippen molar-refractivity contribution in [2.45, 2.75) is 91.9 Å². The summed E-state index contributed by atoms with van der Waals surface area (Å²) in [6, 6.07) is 0. The number of unbranched alkanes of at least 4 members (excludes halogenated alkanes) is 6. The highest BCUT2D eigenvalue weighted by atomic mass is 14.9. The Labute approximate surface area is 116 Å². The van der Waals surface area contributed by atoms with E-state index in [2.05, 4.69) is 33.0 Å². The molecule has 0 bridgehead atoms. The maximum absolute atomic E-state index is 3.60. The highest BCUT2D eigenvalue weighted by Gasteiger charge is 2.20. The van der Waals surface area contributed by atoms with E-state index >= 15 is 0 Å². The molecule has 0 aliphatic rings. The van der Waals surface area contributed by atoms with Crippen molar-refractivity contribution >= 4 is 0 Å². The molecule has 0 saturated heterocycles. The van der Waals surface area contributed by atoms with Crippen LogP contribution in [0.25, 0.3) is 0 Å². The zero-order valence-corrected chi connectivity index (χ0v) is 13.5. The average Bonchev–Trinajstić information content (AvgIpc) is 2.38. The van der Waals surface area contributed by atoms with Gasteiger partial charge in [0, 0.05) is 6.54 Å². The zero-order valence-electron chi connectivity index (χ0n) is 13.5. The predicted octanol–water partition coefficient (Wildman–Crippen LogP) is 5.54. The molecule has 0 amide bonds. The minimum Gasteiger partial charge on any atom is -0.316 e. The van der Waals surface area contributed by atoms with E-state index in [0.717, 1.165) is 0 Å². The van der Waals surface area contributed by atoms with Crippen molar-refractivity contribution in [3.05, 3.63) is 0 Å². The van der Waals surface area contributed by atoms with E-state index < -0.39 is 0 Å². The van der Waals surface area contributed by atoms with Gasteiger partial charge in [0.25, 0.3) is 0 Å². The molecule has 0 aromatic rings. The lowest BCUT2D eigenvalue weighted by atomic mass is 9.82. The molecule has 0 aliphatic heterocycles. The first kappa shape index (κ1) is 18.0. The molecular weight excluding hydrogens is 218 g/mol. The number of hydrogen-bond acceptors (Lipinski definition) is 1. The van der Waals surface area contributed by atoms with Crippen LogP contribution in [0.5, 0.6) is 0 Å². The topological polar surface area (TPSA) is 12.0 Å². The Bertz CT molecular complexity index is 167. The first-order valence-electron chi connectivity index (χ1n) is 8.39. The molecule has 0 spiro atoms. The molecule has 0 aliphatic carbocycles. The molecule has 0 heterocycles. The van der Waals surface area contributed by atoms with Crippen LogP contribution in [-0.4, -0.2) is 13.1 Å². The van der Waals surface area contributed by atoms with Crippen LogP contribution in [-0.2, 0) is 0 Å². The Morgan fingerprint density at radius 1 is 0.778 bits per heavy atom. The minimum absolute atomic E-state index is 0.526. The van der Waals surface area contributed by atoms with Crippen molar-refractivity contribution in [2.75, 3.05) is 13.1 Å². The molecule has 1 N–H and O–H groups in total. The monoisotopic (exact) mass is 255 g/mol. The molecule has 1 atom stereocenters. The van der Waals surface area contributed by atoms with Crippen LogP contribution in [0.15, 0.2) is 0 Å². The van der Waals surface area contributed by atoms with Gasteiger partial charge in [0.2, 0.25) is 0 Å². The molecule has 0 aromatic heterocycles. The lowest BCUT2D eigenvalue weighted by Crippen LogP contribution is -2.31. The Hall–Kier alpha value is -0.0400. The summed E-state index contributed by atoms with van der Waals surface area (Å²) in [5, 5.41) is 3.60. The molecular formula is C17H37N. The summed E-state index contributed by atoms with van der Waals surface area (Å²) >= 11 is 0. The molecule has 0 fully saturated rings. The maximum atomic E-state index is 3.60. The van der Waals surface area contributed by atoms with Gasteiger partial charge in [-0.05, 0) is 31.2 Å². The van der Waals surface area contributed by atoms with Crippen LogP contribution < -0.4 is 5.32 Å². The third-order valence-corrected chi connectivity index (χ3v) is 4.22. The van der Waals surface area contributed by atoms with Crippen molar-refractivity contribution in [1.82, 2.24) is 5.32 Å². The Morgan fingerprint density at radius 2 is 1.39 bits per heavy atom. The van der Waals surface area contributed by atoms with E-state index in [1.54, 1.807) is 0 Å². The Morgan fingerprint density at radius 3 is 1.94 bits per heavy atom. The van der Waals surface area contributed by atoms with E-state index in [4.69, 9.17) is 0 Å². The molecule has 0 rings (SSSR count). The van der Waals surface area contributed by atoms with E-state index in [1.807, 2.05) is 0 Å². The first-order chi connectivity index (χ1) is 8.68. The van der Waals surface area contributed by atoms with Crippen molar-refractivity contribution in [3.63, 3.8) is 0 Å². The third-order valence-electron chi connectivity index (χ3n) is 4.22. The van der Waals surface area contributed by atoms with Gasteiger partial charge in [-0.25, -0.2) is 0 Å². The van der Waals surface area contributed by atoms with Gasteiger partial charge in [-0.15, -0.1) is 0 Å². The Balaban J connectivity index is 3.53. The van der Waals surface area contributed by atoms with E-state index in [1.165, 1.54) is 77.3 Å². The zero-order chi connectivity index (χ0) is 13.7. The molecule has 1 heteroatoms. The average molecular weight is 255 g/mol. The van der Waals surface area contributed by atoms with E-state index in [9.17, 15) is 0 Å². The van der Waals surface area contributed by atoms with Crippen molar-refractivity contribution in [1.29, 1.82) is 0 Å². The number of nitrogens with one attached hydrogen (secondary N) is 1.